The van der Waals surface area contributed by atoms with Crippen LogP contribution in [0.25, 0.3) is 0 Å². The van der Waals surface area contributed by atoms with Crippen molar-refractivity contribution in [2.24, 2.45) is 4.99 Å². The van der Waals surface area contributed by atoms with Gasteiger partial charge in [0.15, 0.2) is 5.96 Å². The van der Waals surface area contributed by atoms with Crippen LogP contribution in [0.15, 0.2) is 53.5 Å². The Hall–Kier alpha value is -3.55. The van der Waals surface area contributed by atoms with Gasteiger partial charge in [-0.05, 0) is 55.7 Å². The summed E-state index contributed by atoms with van der Waals surface area (Å²) < 4.78 is 0. The van der Waals surface area contributed by atoms with E-state index in [1.54, 1.807) is 26.0 Å². The summed E-state index contributed by atoms with van der Waals surface area (Å²) in [5, 5.41) is 12.2. The molecule has 0 aromatic heterocycles. The summed E-state index contributed by atoms with van der Waals surface area (Å²) in [6.45, 7) is 5.12. The van der Waals surface area contributed by atoms with E-state index in [9.17, 15) is 9.59 Å². The summed E-state index contributed by atoms with van der Waals surface area (Å²) in [6, 6.07) is 15.2. The summed E-state index contributed by atoms with van der Waals surface area (Å²) in [4.78, 5) is 29.7. The van der Waals surface area contributed by atoms with Crippen molar-refractivity contribution in [1.82, 2.24) is 20.9 Å². The zero-order valence-electron chi connectivity index (χ0n) is 19.5. The van der Waals surface area contributed by atoms with E-state index < -0.39 is 0 Å². The molecule has 3 amide bonds. The SMILES string of the molecule is CN=C(NCCc1cccc(C(=O)N(C)C)c1)NCc1ccc(NC(=O)NC(C)C)cc1. The van der Waals surface area contributed by atoms with Gasteiger partial charge in [-0.2, -0.15) is 0 Å². The van der Waals surface area contributed by atoms with Crippen LogP contribution in [-0.2, 0) is 13.0 Å². The van der Waals surface area contributed by atoms with Crippen molar-refractivity contribution in [2.45, 2.75) is 32.9 Å². The molecule has 0 aliphatic carbocycles. The quantitative estimate of drug-likeness (QED) is 0.376. The van der Waals surface area contributed by atoms with Crippen molar-refractivity contribution < 1.29 is 9.59 Å². The number of hydrogen-bond acceptors (Lipinski definition) is 3. The maximum Gasteiger partial charge on any atom is 0.319 e. The Morgan fingerprint density at radius 1 is 1.00 bits per heavy atom. The maximum absolute atomic E-state index is 12.1. The van der Waals surface area contributed by atoms with Crippen molar-refractivity contribution in [3.05, 3.63) is 65.2 Å². The highest BCUT2D eigenvalue weighted by molar-refractivity contribution is 5.94. The van der Waals surface area contributed by atoms with E-state index in [1.165, 1.54) is 0 Å². The van der Waals surface area contributed by atoms with Crippen LogP contribution >= 0.6 is 0 Å². The zero-order chi connectivity index (χ0) is 23.5. The first-order valence-corrected chi connectivity index (χ1v) is 10.7. The third kappa shape index (κ3) is 8.29. The maximum atomic E-state index is 12.1. The van der Waals surface area contributed by atoms with Crippen LogP contribution in [-0.4, -0.2) is 56.5 Å². The van der Waals surface area contributed by atoms with Crippen LogP contribution < -0.4 is 21.3 Å². The third-order valence-corrected chi connectivity index (χ3v) is 4.60. The minimum atomic E-state index is -0.216. The first-order valence-electron chi connectivity index (χ1n) is 10.7. The molecule has 32 heavy (non-hydrogen) atoms. The summed E-state index contributed by atoms with van der Waals surface area (Å²) in [6.07, 6.45) is 0.772. The van der Waals surface area contributed by atoms with Gasteiger partial charge in [0.05, 0.1) is 0 Å². The van der Waals surface area contributed by atoms with Gasteiger partial charge in [-0.15, -0.1) is 0 Å². The molecule has 0 aliphatic rings. The number of nitrogens with one attached hydrogen (secondary N) is 4. The molecule has 0 saturated heterocycles. The first kappa shape index (κ1) is 24.7. The van der Waals surface area contributed by atoms with Crippen molar-refractivity contribution >= 4 is 23.6 Å². The highest BCUT2D eigenvalue weighted by Gasteiger charge is 2.08. The van der Waals surface area contributed by atoms with Crippen LogP contribution in [0.5, 0.6) is 0 Å². The van der Waals surface area contributed by atoms with Crippen molar-refractivity contribution in [3.8, 4) is 0 Å². The normalized spacial score (nSPS) is 11.1. The predicted molar refractivity (Wildman–Crippen MR) is 130 cm³/mol. The molecule has 0 bridgehead atoms. The van der Waals surface area contributed by atoms with E-state index in [0.717, 1.165) is 23.2 Å². The average molecular weight is 439 g/mol. The molecule has 172 valence electrons. The smallest absolute Gasteiger partial charge is 0.319 e. The van der Waals surface area contributed by atoms with Crippen LogP contribution in [0.1, 0.15) is 35.3 Å². The molecule has 4 N–H and O–H groups in total. The number of guanidine groups is 1. The molecule has 0 atom stereocenters. The molecule has 8 nitrogen and oxygen atoms in total. The number of urea groups is 1. The number of aliphatic imine (C=N–C) groups is 1. The monoisotopic (exact) mass is 438 g/mol. The Kier molecular flexibility index (Phi) is 9.53. The van der Waals surface area contributed by atoms with Gasteiger partial charge in [-0.1, -0.05) is 24.3 Å². The molecule has 0 unspecified atom stereocenters. The summed E-state index contributed by atoms with van der Waals surface area (Å²) in [5.74, 6) is 0.697. The molecule has 0 heterocycles. The molecule has 2 aromatic rings. The highest BCUT2D eigenvalue weighted by Crippen LogP contribution is 2.10. The number of rotatable bonds is 8. The van der Waals surface area contributed by atoms with Gasteiger partial charge in [0.25, 0.3) is 5.91 Å². The molecule has 0 aliphatic heterocycles. The zero-order valence-corrected chi connectivity index (χ0v) is 19.5. The van der Waals surface area contributed by atoms with Gasteiger partial charge < -0.3 is 26.2 Å². The van der Waals surface area contributed by atoms with E-state index in [2.05, 4.69) is 26.3 Å². The fourth-order valence-corrected chi connectivity index (χ4v) is 2.99. The summed E-state index contributed by atoms with van der Waals surface area (Å²) >= 11 is 0. The van der Waals surface area contributed by atoms with Crippen molar-refractivity contribution in [3.63, 3.8) is 0 Å². The van der Waals surface area contributed by atoms with Crippen molar-refractivity contribution in [2.75, 3.05) is 33.0 Å². The molecule has 0 fully saturated rings. The molecular weight excluding hydrogens is 404 g/mol. The lowest BCUT2D eigenvalue weighted by molar-refractivity contribution is 0.0827. The second-order valence-corrected chi connectivity index (χ2v) is 7.95. The van der Waals surface area contributed by atoms with E-state index >= 15 is 0 Å². The fourth-order valence-electron chi connectivity index (χ4n) is 2.99. The molecular formula is C24H34N6O2. The highest BCUT2D eigenvalue weighted by atomic mass is 16.2. The lowest BCUT2D eigenvalue weighted by Gasteiger charge is -2.14. The van der Waals surface area contributed by atoms with Crippen LogP contribution in [0, 0.1) is 0 Å². The van der Waals surface area contributed by atoms with Gasteiger partial charge in [0, 0.05) is 51.5 Å². The second-order valence-electron chi connectivity index (χ2n) is 7.95. The van der Waals surface area contributed by atoms with Crippen molar-refractivity contribution in [1.29, 1.82) is 0 Å². The Bertz CT molecular complexity index is 922. The number of amides is 3. The predicted octanol–water partition coefficient (Wildman–Crippen LogP) is 2.83. The topological polar surface area (TPSA) is 97.9 Å². The Labute approximate surface area is 190 Å². The Morgan fingerprint density at radius 3 is 2.34 bits per heavy atom. The Morgan fingerprint density at radius 2 is 1.72 bits per heavy atom. The third-order valence-electron chi connectivity index (χ3n) is 4.60. The van der Waals surface area contributed by atoms with Gasteiger partial charge in [-0.25, -0.2) is 4.79 Å². The largest absolute Gasteiger partial charge is 0.356 e. The summed E-state index contributed by atoms with van der Waals surface area (Å²) in [5.41, 5.74) is 3.59. The van der Waals surface area contributed by atoms with Gasteiger partial charge >= 0.3 is 6.03 Å². The van der Waals surface area contributed by atoms with Gasteiger partial charge in [0.2, 0.25) is 0 Å². The number of anilines is 1. The first-order chi connectivity index (χ1) is 15.3. The number of carbonyl (C=O) groups is 2. The van der Waals surface area contributed by atoms with Crippen LogP contribution in [0.3, 0.4) is 0 Å². The lowest BCUT2D eigenvalue weighted by atomic mass is 10.1. The molecule has 2 aromatic carbocycles. The van der Waals surface area contributed by atoms with Gasteiger partial charge in [0.1, 0.15) is 0 Å². The molecule has 0 radical (unpaired) electrons. The number of hydrogen-bond donors (Lipinski definition) is 4. The van der Waals surface area contributed by atoms with E-state index in [-0.39, 0.29) is 18.0 Å². The van der Waals surface area contributed by atoms with Crippen LogP contribution in [0.4, 0.5) is 10.5 Å². The Balaban J connectivity index is 1.79. The van der Waals surface area contributed by atoms with E-state index in [0.29, 0.717) is 24.6 Å². The lowest BCUT2D eigenvalue weighted by Crippen LogP contribution is -2.37. The molecule has 0 spiro atoms. The van der Waals surface area contributed by atoms with E-state index in [4.69, 9.17) is 0 Å². The second kappa shape index (κ2) is 12.3. The fraction of sp³-hybridized carbons (Fsp3) is 0.375. The van der Waals surface area contributed by atoms with Gasteiger partial charge in [-0.3, -0.25) is 9.79 Å². The number of benzene rings is 2. The summed E-state index contributed by atoms with van der Waals surface area (Å²) in [7, 11) is 5.23. The average Bonchev–Trinajstić information content (AvgIpc) is 2.76. The minimum absolute atomic E-state index is 0.000875. The van der Waals surface area contributed by atoms with E-state index in [1.807, 2.05) is 62.4 Å². The van der Waals surface area contributed by atoms with Crippen LogP contribution in [0.2, 0.25) is 0 Å². The molecule has 2 rings (SSSR count). The standard InChI is InChI=1S/C24H34N6O2/c1-17(2)28-24(32)29-21-11-9-19(10-12-21)16-27-23(25-3)26-14-13-18-7-6-8-20(15-18)22(31)30(4)5/h6-12,15,17H,13-14,16H2,1-5H3,(H2,25,26,27)(H2,28,29,32). The molecule has 0 saturated carbocycles. The number of carbonyl (C=O) groups excluding carboxylic acids is 2. The minimum Gasteiger partial charge on any atom is -0.356 e. The molecule has 8 heteroatoms. The number of nitrogens with zero attached hydrogens (tertiary/aromatic N) is 2.